The van der Waals surface area contributed by atoms with E-state index in [1.54, 1.807) is 12.1 Å². The second-order valence-electron chi connectivity index (χ2n) is 7.05. The average molecular weight is 396 g/mol. The van der Waals surface area contributed by atoms with Gasteiger partial charge in [-0.05, 0) is 28.5 Å². The second kappa shape index (κ2) is 7.20. The summed E-state index contributed by atoms with van der Waals surface area (Å²) in [6.07, 6.45) is 2.43. The van der Waals surface area contributed by atoms with Crippen LogP contribution in [0.15, 0.2) is 48.8 Å². The minimum atomic E-state index is -2.69. The van der Waals surface area contributed by atoms with Crippen LogP contribution in [0.3, 0.4) is 0 Å². The van der Waals surface area contributed by atoms with Crippen molar-refractivity contribution >= 4 is 22.6 Å². The third-order valence-corrected chi connectivity index (χ3v) is 5.09. The van der Waals surface area contributed by atoms with Crippen LogP contribution in [0.4, 0.5) is 8.78 Å². The maximum atomic E-state index is 13.4. The standard InChI is InChI=1S/C21H18F2N4O2/c22-21(23)6-8-27(9-7-21)20(29)14-4-5-17-13(10-14)2-1-3-16(17)15-11-25-19(18(24)28)26-12-15/h1-5,10-12H,6-9H2,(H2,24,28). The monoisotopic (exact) mass is 396 g/mol. The Bertz CT molecular complexity index is 1090. The van der Waals surface area contributed by atoms with Crippen LogP contribution in [0.5, 0.6) is 0 Å². The van der Waals surface area contributed by atoms with Gasteiger partial charge in [0.15, 0.2) is 0 Å². The Kier molecular flexibility index (Phi) is 4.70. The molecule has 0 spiro atoms. The van der Waals surface area contributed by atoms with Crippen molar-refractivity contribution in [2.75, 3.05) is 13.1 Å². The van der Waals surface area contributed by atoms with Crippen LogP contribution >= 0.6 is 0 Å². The maximum Gasteiger partial charge on any atom is 0.286 e. The highest BCUT2D eigenvalue weighted by atomic mass is 19.3. The number of likely N-dealkylation sites (tertiary alicyclic amines) is 1. The number of nitrogens with two attached hydrogens (primary N) is 1. The molecule has 0 aliphatic carbocycles. The van der Waals surface area contributed by atoms with Crippen LogP contribution in [0.25, 0.3) is 21.9 Å². The smallest absolute Gasteiger partial charge is 0.286 e. The van der Waals surface area contributed by atoms with E-state index in [0.717, 1.165) is 16.3 Å². The number of benzene rings is 2. The summed E-state index contributed by atoms with van der Waals surface area (Å²) in [6.45, 7) is 0.0981. The predicted octanol–water partition coefficient (Wildman–Crippen LogP) is 3.27. The Morgan fingerprint density at radius 1 is 1.03 bits per heavy atom. The van der Waals surface area contributed by atoms with E-state index < -0.39 is 11.8 Å². The van der Waals surface area contributed by atoms with Gasteiger partial charge in [0.25, 0.3) is 17.7 Å². The van der Waals surface area contributed by atoms with E-state index in [9.17, 15) is 18.4 Å². The van der Waals surface area contributed by atoms with Crippen molar-refractivity contribution in [1.29, 1.82) is 0 Å². The van der Waals surface area contributed by atoms with Crippen molar-refractivity contribution in [3.63, 3.8) is 0 Å². The van der Waals surface area contributed by atoms with Crippen LogP contribution in [-0.2, 0) is 0 Å². The molecule has 6 nitrogen and oxygen atoms in total. The molecule has 1 aliphatic rings. The molecule has 0 radical (unpaired) electrons. The summed E-state index contributed by atoms with van der Waals surface area (Å²) in [7, 11) is 0. The van der Waals surface area contributed by atoms with Gasteiger partial charge in [0.05, 0.1) is 0 Å². The van der Waals surface area contributed by atoms with Crippen molar-refractivity contribution in [2.24, 2.45) is 5.73 Å². The van der Waals surface area contributed by atoms with Gasteiger partial charge in [0, 0.05) is 49.5 Å². The topological polar surface area (TPSA) is 89.2 Å². The molecule has 1 aromatic heterocycles. The summed E-state index contributed by atoms with van der Waals surface area (Å²) in [5, 5.41) is 1.71. The molecule has 148 valence electrons. The zero-order valence-electron chi connectivity index (χ0n) is 15.4. The van der Waals surface area contributed by atoms with Crippen molar-refractivity contribution in [2.45, 2.75) is 18.8 Å². The first-order valence-electron chi connectivity index (χ1n) is 9.16. The Balaban J connectivity index is 1.64. The fourth-order valence-corrected chi connectivity index (χ4v) is 3.48. The van der Waals surface area contributed by atoms with Gasteiger partial charge in [-0.1, -0.05) is 24.3 Å². The molecule has 3 aromatic rings. The van der Waals surface area contributed by atoms with Crippen LogP contribution in [0.1, 0.15) is 33.8 Å². The number of hydrogen-bond acceptors (Lipinski definition) is 4. The van der Waals surface area contributed by atoms with Crippen LogP contribution in [0, 0.1) is 0 Å². The highest BCUT2D eigenvalue weighted by molar-refractivity contribution is 6.02. The van der Waals surface area contributed by atoms with E-state index in [0.29, 0.717) is 11.1 Å². The van der Waals surface area contributed by atoms with Gasteiger partial charge in [-0.3, -0.25) is 9.59 Å². The van der Waals surface area contributed by atoms with Gasteiger partial charge in [-0.15, -0.1) is 0 Å². The van der Waals surface area contributed by atoms with E-state index in [-0.39, 0.29) is 37.7 Å². The molecular weight excluding hydrogens is 378 g/mol. The normalized spacial score (nSPS) is 16.0. The molecule has 2 amide bonds. The number of halogens is 2. The molecule has 1 aliphatic heterocycles. The summed E-state index contributed by atoms with van der Waals surface area (Å²) in [5.41, 5.74) is 7.18. The lowest BCUT2D eigenvalue weighted by Gasteiger charge is -2.31. The maximum absolute atomic E-state index is 13.4. The number of fused-ring (bicyclic) bond motifs is 1. The second-order valence-corrected chi connectivity index (χ2v) is 7.05. The van der Waals surface area contributed by atoms with E-state index in [1.165, 1.54) is 17.3 Å². The number of piperidine rings is 1. The predicted molar refractivity (Wildman–Crippen MR) is 104 cm³/mol. The third-order valence-electron chi connectivity index (χ3n) is 5.09. The van der Waals surface area contributed by atoms with E-state index in [4.69, 9.17) is 5.73 Å². The fraction of sp³-hybridized carbons (Fsp3) is 0.238. The first kappa shape index (κ1) is 18.9. The lowest BCUT2D eigenvalue weighted by atomic mass is 9.98. The van der Waals surface area contributed by atoms with Gasteiger partial charge in [0.1, 0.15) is 0 Å². The third kappa shape index (κ3) is 3.78. The van der Waals surface area contributed by atoms with Crippen molar-refractivity contribution in [3.05, 3.63) is 60.2 Å². The minimum Gasteiger partial charge on any atom is -0.363 e. The highest BCUT2D eigenvalue weighted by Crippen LogP contribution is 2.31. The minimum absolute atomic E-state index is 0.0491. The lowest BCUT2D eigenvalue weighted by Crippen LogP contribution is -2.42. The summed E-state index contributed by atoms with van der Waals surface area (Å²) >= 11 is 0. The zero-order chi connectivity index (χ0) is 20.6. The summed E-state index contributed by atoms with van der Waals surface area (Å²) in [6, 6.07) is 10.9. The number of primary amides is 1. The van der Waals surface area contributed by atoms with E-state index in [2.05, 4.69) is 9.97 Å². The van der Waals surface area contributed by atoms with Gasteiger partial charge in [-0.25, -0.2) is 18.7 Å². The Hall–Kier alpha value is -3.42. The van der Waals surface area contributed by atoms with Crippen LogP contribution in [0.2, 0.25) is 0 Å². The van der Waals surface area contributed by atoms with Gasteiger partial charge >= 0.3 is 0 Å². The Morgan fingerprint density at radius 2 is 1.72 bits per heavy atom. The number of hydrogen-bond donors (Lipinski definition) is 1. The Morgan fingerprint density at radius 3 is 2.38 bits per heavy atom. The number of nitrogens with zero attached hydrogens (tertiary/aromatic N) is 3. The molecule has 1 fully saturated rings. The molecular formula is C21H18F2N4O2. The van der Waals surface area contributed by atoms with Gasteiger partial charge in [-0.2, -0.15) is 0 Å². The van der Waals surface area contributed by atoms with Crippen molar-refractivity contribution in [3.8, 4) is 11.1 Å². The molecule has 0 unspecified atom stereocenters. The van der Waals surface area contributed by atoms with Crippen molar-refractivity contribution in [1.82, 2.24) is 14.9 Å². The first-order valence-corrected chi connectivity index (χ1v) is 9.16. The van der Waals surface area contributed by atoms with Crippen molar-refractivity contribution < 1.29 is 18.4 Å². The zero-order valence-corrected chi connectivity index (χ0v) is 15.4. The molecule has 0 bridgehead atoms. The first-order chi connectivity index (χ1) is 13.8. The van der Waals surface area contributed by atoms with Crippen LogP contribution < -0.4 is 5.73 Å². The number of alkyl halides is 2. The molecule has 2 N–H and O–H groups in total. The molecule has 1 saturated heterocycles. The fourth-order valence-electron chi connectivity index (χ4n) is 3.48. The van der Waals surface area contributed by atoms with Gasteiger partial charge < -0.3 is 10.6 Å². The largest absolute Gasteiger partial charge is 0.363 e. The molecule has 4 rings (SSSR count). The molecule has 0 atom stereocenters. The highest BCUT2D eigenvalue weighted by Gasteiger charge is 2.35. The lowest BCUT2D eigenvalue weighted by molar-refractivity contribution is -0.0494. The van der Waals surface area contributed by atoms with Gasteiger partial charge in [0.2, 0.25) is 5.82 Å². The SMILES string of the molecule is NC(=O)c1ncc(-c2cccc3cc(C(=O)N4CCC(F)(F)CC4)ccc23)cn1. The number of carbonyl (C=O) groups is 2. The molecule has 0 saturated carbocycles. The molecule has 8 heteroatoms. The Labute approximate surface area is 165 Å². The summed E-state index contributed by atoms with van der Waals surface area (Å²) in [4.78, 5) is 33.3. The summed E-state index contributed by atoms with van der Waals surface area (Å²) < 4.78 is 26.7. The molecule has 29 heavy (non-hydrogen) atoms. The van der Waals surface area contributed by atoms with Crippen LogP contribution in [-0.4, -0.2) is 45.7 Å². The number of rotatable bonds is 3. The van der Waals surface area contributed by atoms with E-state index >= 15 is 0 Å². The quantitative estimate of drug-likeness (QED) is 0.736. The number of amides is 2. The summed E-state index contributed by atoms with van der Waals surface area (Å²) in [5.74, 6) is -3.70. The number of aromatic nitrogens is 2. The molecule has 2 heterocycles. The van der Waals surface area contributed by atoms with E-state index in [1.807, 2.05) is 24.3 Å². The molecule has 2 aromatic carbocycles. The number of carbonyl (C=O) groups excluding carboxylic acids is 2. The average Bonchev–Trinajstić information content (AvgIpc) is 2.72.